The Hall–Kier alpha value is -1.68. The first-order valence-electron chi connectivity index (χ1n) is 6.29. The summed E-state index contributed by atoms with van der Waals surface area (Å²) in [5.74, 6) is -0.287. The minimum Gasteiger partial charge on any atom is -0.465 e. The molecule has 0 bridgehead atoms. The highest BCUT2D eigenvalue weighted by molar-refractivity contribution is 7.14. The lowest BCUT2D eigenvalue weighted by Crippen LogP contribution is -2.07. The average Bonchev–Trinajstić information content (AvgIpc) is 3.17. The average molecular weight is 273 g/mol. The number of ether oxygens (including phenoxy) is 1. The van der Waals surface area contributed by atoms with Crippen LogP contribution in [0.15, 0.2) is 30.3 Å². The molecule has 1 aromatic heterocycles. The van der Waals surface area contributed by atoms with Crippen molar-refractivity contribution in [2.45, 2.75) is 25.2 Å². The number of benzene rings is 1. The number of rotatable bonds is 3. The van der Waals surface area contributed by atoms with Gasteiger partial charge in [0.1, 0.15) is 9.88 Å². The number of nitrogens with zero attached hydrogens (tertiary/aromatic N) is 1. The second kappa shape index (κ2) is 4.46. The fraction of sp³-hybridized carbons (Fsp3) is 0.333. The summed E-state index contributed by atoms with van der Waals surface area (Å²) in [6, 6.07) is 10.4. The van der Waals surface area contributed by atoms with Gasteiger partial charge < -0.3 is 4.74 Å². The number of carbonyl (C=O) groups is 1. The quantitative estimate of drug-likeness (QED) is 0.805. The Bertz CT molecular complexity index is 614. The van der Waals surface area contributed by atoms with E-state index in [1.807, 2.05) is 13.0 Å². The molecule has 0 aliphatic heterocycles. The Kier molecular flexibility index (Phi) is 2.90. The van der Waals surface area contributed by atoms with Gasteiger partial charge in [-0.3, -0.25) is 0 Å². The summed E-state index contributed by atoms with van der Waals surface area (Å²) in [5.41, 5.74) is 2.09. The maximum Gasteiger partial charge on any atom is 0.349 e. The van der Waals surface area contributed by atoms with Crippen LogP contribution in [0, 0.1) is 6.92 Å². The Morgan fingerprint density at radius 3 is 2.58 bits per heavy atom. The van der Waals surface area contributed by atoms with Gasteiger partial charge in [-0.25, -0.2) is 9.78 Å². The number of carbonyl (C=O) groups excluding carboxylic acids is 1. The second-order valence-electron chi connectivity index (χ2n) is 4.87. The zero-order chi connectivity index (χ0) is 13.5. The lowest BCUT2D eigenvalue weighted by Gasteiger charge is -2.11. The Morgan fingerprint density at radius 2 is 2.00 bits per heavy atom. The number of aromatic nitrogens is 1. The van der Waals surface area contributed by atoms with Gasteiger partial charge in [0, 0.05) is 5.41 Å². The van der Waals surface area contributed by atoms with Gasteiger partial charge >= 0.3 is 5.97 Å². The topological polar surface area (TPSA) is 39.2 Å². The van der Waals surface area contributed by atoms with Gasteiger partial charge in [-0.1, -0.05) is 30.3 Å². The maximum absolute atomic E-state index is 11.7. The van der Waals surface area contributed by atoms with Crippen LogP contribution in [0.3, 0.4) is 0 Å². The molecule has 1 aliphatic rings. The number of methoxy groups -OCH3 is 1. The SMILES string of the molecule is COC(=O)c1sc(C2(c3ccccc3)CC2)nc1C. The van der Waals surface area contributed by atoms with Crippen LogP contribution in [-0.4, -0.2) is 18.1 Å². The molecular formula is C15H15NO2S. The minimum atomic E-state index is -0.287. The third kappa shape index (κ3) is 1.96. The zero-order valence-electron chi connectivity index (χ0n) is 11.0. The van der Waals surface area contributed by atoms with Gasteiger partial charge in [-0.15, -0.1) is 11.3 Å². The van der Waals surface area contributed by atoms with E-state index in [9.17, 15) is 4.79 Å². The summed E-state index contributed by atoms with van der Waals surface area (Å²) in [6.45, 7) is 1.87. The summed E-state index contributed by atoms with van der Waals surface area (Å²) < 4.78 is 4.80. The van der Waals surface area contributed by atoms with Crippen molar-refractivity contribution < 1.29 is 9.53 Å². The molecule has 4 heteroatoms. The molecule has 0 unspecified atom stereocenters. The fourth-order valence-electron chi connectivity index (χ4n) is 2.39. The third-order valence-electron chi connectivity index (χ3n) is 3.65. The minimum absolute atomic E-state index is 0.0307. The summed E-state index contributed by atoms with van der Waals surface area (Å²) >= 11 is 1.47. The first kappa shape index (κ1) is 12.4. The van der Waals surface area contributed by atoms with Crippen molar-refractivity contribution in [2.24, 2.45) is 0 Å². The molecule has 0 saturated heterocycles. The van der Waals surface area contributed by atoms with E-state index in [4.69, 9.17) is 4.74 Å². The molecule has 1 heterocycles. The van der Waals surface area contributed by atoms with E-state index in [0.29, 0.717) is 4.88 Å². The van der Waals surface area contributed by atoms with Crippen molar-refractivity contribution in [2.75, 3.05) is 7.11 Å². The number of esters is 1. The first-order chi connectivity index (χ1) is 9.17. The standard InChI is InChI=1S/C15H15NO2S/c1-10-12(13(17)18-2)19-14(16-10)15(8-9-15)11-6-4-3-5-7-11/h3-7H,8-9H2,1-2H3. The maximum atomic E-state index is 11.7. The molecule has 0 spiro atoms. The fourth-order valence-corrected chi connectivity index (χ4v) is 3.64. The van der Waals surface area contributed by atoms with Crippen LogP contribution in [-0.2, 0) is 10.2 Å². The summed E-state index contributed by atoms with van der Waals surface area (Å²) in [7, 11) is 1.41. The highest BCUT2D eigenvalue weighted by Gasteiger charge is 2.48. The summed E-state index contributed by atoms with van der Waals surface area (Å²) in [6.07, 6.45) is 2.20. The van der Waals surface area contributed by atoms with E-state index < -0.39 is 0 Å². The van der Waals surface area contributed by atoms with Crippen molar-refractivity contribution in [3.63, 3.8) is 0 Å². The van der Waals surface area contributed by atoms with Gasteiger partial charge in [-0.05, 0) is 25.3 Å². The van der Waals surface area contributed by atoms with Crippen LogP contribution < -0.4 is 0 Å². The number of thiazole rings is 1. The predicted molar refractivity (Wildman–Crippen MR) is 74.6 cm³/mol. The molecule has 1 fully saturated rings. The first-order valence-corrected chi connectivity index (χ1v) is 7.11. The van der Waals surface area contributed by atoms with Crippen molar-refractivity contribution in [1.29, 1.82) is 0 Å². The second-order valence-corrected chi connectivity index (χ2v) is 5.87. The molecule has 1 saturated carbocycles. The summed E-state index contributed by atoms with van der Waals surface area (Å²) in [4.78, 5) is 16.9. The highest BCUT2D eigenvalue weighted by Crippen LogP contribution is 2.54. The van der Waals surface area contributed by atoms with Gasteiger partial charge in [0.25, 0.3) is 0 Å². The Morgan fingerprint density at radius 1 is 1.32 bits per heavy atom. The molecule has 0 radical (unpaired) electrons. The number of hydrogen-bond donors (Lipinski definition) is 0. The summed E-state index contributed by atoms with van der Waals surface area (Å²) in [5, 5.41) is 1.04. The van der Waals surface area contributed by atoms with Gasteiger partial charge in [0.15, 0.2) is 0 Å². The van der Waals surface area contributed by atoms with Crippen LogP contribution in [0.4, 0.5) is 0 Å². The van der Waals surface area contributed by atoms with Crippen LogP contribution in [0.2, 0.25) is 0 Å². The Balaban J connectivity index is 2.02. The number of hydrogen-bond acceptors (Lipinski definition) is 4. The van der Waals surface area contributed by atoms with Crippen LogP contribution >= 0.6 is 11.3 Å². The molecule has 2 aromatic rings. The van der Waals surface area contributed by atoms with Crippen LogP contribution in [0.5, 0.6) is 0 Å². The predicted octanol–water partition coefficient (Wildman–Crippen LogP) is 3.32. The molecule has 1 aromatic carbocycles. The molecular weight excluding hydrogens is 258 g/mol. The van der Waals surface area contributed by atoms with Crippen LogP contribution in [0.1, 0.15) is 38.8 Å². The van der Waals surface area contributed by atoms with Gasteiger partial charge in [0.2, 0.25) is 0 Å². The molecule has 98 valence electrons. The molecule has 19 heavy (non-hydrogen) atoms. The third-order valence-corrected chi connectivity index (χ3v) is 4.99. The molecule has 0 atom stereocenters. The molecule has 0 amide bonds. The zero-order valence-corrected chi connectivity index (χ0v) is 11.8. The van der Waals surface area contributed by atoms with Gasteiger partial charge in [0.05, 0.1) is 12.8 Å². The highest BCUT2D eigenvalue weighted by atomic mass is 32.1. The van der Waals surface area contributed by atoms with Crippen LogP contribution in [0.25, 0.3) is 0 Å². The van der Waals surface area contributed by atoms with E-state index in [1.165, 1.54) is 24.0 Å². The largest absolute Gasteiger partial charge is 0.465 e. The van der Waals surface area contributed by atoms with Crippen molar-refractivity contribution >= 4 is 17.3 Å². The van der Waals surface area contributed by atoms with Crippen molar-refractivity contribution in [1.82, 2.24) is 4.98 Å². The normalized spacial score (nSPS) is 16.1. The van der Waals surface area contributed by atoms with Crippen molar-refractivity contribution in [3.8, 4) is 0 Å². The lowest BCUT2D eigenvalue weighted by atomic mass is 9.97. The molecule has 1 aliphatic carbocycles. The van der Waals surface area contributed by atoms with E-state index in [2.05, 4.69) is 29.2 Å². The smallest absolute Gasteiger partial charge is 0.349 e. The number of aryl methyl sites for hydroxylation is 1. The molecule has 0 N–H and O–H groups in total. The lowest BCUT2D eigenvalue weighted by molar-refractivity contribution is 0.0605. The van der Waals surface area contributed by atoms with E-state index in [0.717, 1.165) is 23.5 Å². The van der Waals surface area contributed by atoms with Gasteiger partial charge in [-0.2, -0.15) is 0 Å². The van der Waals surface area contributed by atoms with E-state index in [1.54, 1.807) is 0 Å². The monoisotopic (exact) mass is 273 g/mol. The van der Waals surface area contributed by atoms with Crippen molar-refractivity contribution in [3.05, 3.63) is 51.5 Å². The molecule has 3 rings (SSSR count). The van der Waals surface area contributed by atoms with E-state index >= 15 is 0 Å². The molecule has 3 nitrogen and oxygen atoms in total. The Labute approximate surface area is 116 Å². The van der Waals surface area contributed by atoms with E-state index in [-0.39, 0.29) is 11.4 Å².